The van der Waals surface area contributed by atoms with Gasteiger partial charge in [-0.25, -0.2) is 4.98 Å². The van der Waals surface area contributed by atoms with Crippen molar-refractivity contribution in [2.75, 3.05) is 5.32 Å². The van der Waals surface area contributed by atoms with E-state index in [0.717, 1.165) is 28.4 Å². The van der Waals surface area contributed by atoms with E-state index in [1.807, 2.05) is 35.7 Å². The molecule has 138 valence electrons. The second kappa shape index (κ2) is 9.09. The predicted molar refractivity (Wildman–Crippen MR) is 108 cm³/mol. The number of rotatable bonds is 7. The fraction of sp³-hybridized carbons (Fsp3) is 0.190. The fourth-order valence-corrected chi connectivity index (χ4v) is 3.46. The van der Waals surface area contributed by atoms with Crippen LogP contribution in [0.4, 0.5) is 5.69 Å². The normalized spacial score (nSPS) is 10.4. The van der Waals surface area contributed by atoms with Crippen LogP contribution in [0.25, 0.3) is 0 Å². The van der Waals surface area contributed by atoms with Gasteiger partial charge in [-0.05, 0) is 23.3 Å². The first-order valence-corrected chi connectivity index (χ1v) is 9.57. The zero-order valence-electron chi connectivity index (χ0n) is 15.1. The summed E-state index contributed by atoms with van der Waals surface area (Å²) >= 11 is 1.61. The molecule has 6 heteroatoms. The van der Waals surface area contributed by atoms with Crippen molar-refractivity contribution in [1.29, 1.82) is 0 Å². The van der Waals surface area contributed by atoms with Crippen LogP contribution in [0.5, 0.6) is 0 Å². The van der Waals surface area contributed by atoms with E-state index in [1.165, 1.54) is 12.5 Å². The van der Waals surface area contributed by atoms with Crippen LogP contribution in [0.1, 0.15) is 28.8 Å². The van der Waals surface area contributed by atoms with E-state index in [4.69, 9.17) is 0 Å². The van der Waals surface area contributed by atoms with Gasteiger partial charge < -0.3 is 10.6 Å². The minimum absolute atomic E-state index is 0.0557. The highest BCUT2D eigenvalue weighted by Crippen LogP contribution is 2.15. The lowest BCUT2D eigenvalue weighted by atomic mass is 10.1. The zero-order valence-corrected chi connectivity index (χ0v) is 15.9. The summed E-state index contributed by atoms with van der Waals surface area (Å²) in [5.74, 6) is -0.171. The number of hydrogen-bond acceptors (Lipinski definition) is 4. The summed E-state index contributed by atoms with van der Waals surface area (Å²) in [6.07, 6.45) is 1.10. The van der Waals surface area contributed by atoms with Crippen molar-refractivity contribution in [3.8, 4) is 0 Å². The summed E-state index contributed by atoms with van der Waals surface area (Å²) in [4.78, 5) is 27.7. The highest BCUT2D eigenvalue weighted by atomic mass is 32.1. The third kappa shape index (κ3) is 6.04. The second-order valence-electron chi connectivity index (χ2n) is 6.23. The quantitative estimate of drug-likeness (QED) is 0.659. The van der Waals surface area contributed by atoms with E-state index in [1.54, 1.807) is 23.5 Å². The van der Waals surface area contributed by atoms with E-state index in [0.29, 0.717) is 13.0 Å². The van der Waals surface area contributed by atoms with Gasteiger partial charge in [0, 0.05) is 24.4 Å². The van der Waals surface area contributed by atoms with Crippen LogP contribution in [0.2, 0.25) is 0 Å². The average molecular weight is 379 g/mol. The van der Waals surface area contributed by atoms with Gasteiger partial charge in [0.05, 0.1) is 23.7 Å². The molecule has 0 fully saturated rings. The number of carbonyl (C=O) groups is 2. The maximum Gasteiger partial charge on any atom is 0.224 e. The third-order valence-electron chi connectivity index (χ3n) is 3.90. The number of hydrogen-bond donors (Lipinski definition) is 2. The third-order valence-corrected chi connectivity index (χ3v) is 4.80. The Morgan fingerprint density at radius 1 is 1.00 bits per heavy atom. The average Bonchev–Trinajstić information content (AvgIpc) is 3.09. The van der Waals surface area contributed by atoms with E-state index >= 15 is 0 Å². The molecule has 0 bridgehead atoms. The summed E-state index contributed by atoms with van der Waals surface area (Å²) < 4.78 is 0. The first kappa shape index (κ1) is 18.8. The molecule has 27 heavy (non-hydrogen) atoms. The number of carbonyl (C=O) groups excluding carboxylic acids is 2. The van der Waals surface area contributed by atoms with Gasteiger partial charge in [0.25, 0.3) is 0 Å². The van der Waals surface area contributed by atoms with Gasteiger partial charge in [-0.3, -0.25) is 9.59 Å². The topological polar surface area (TPSA) is 71.1 Å². The van der Waals surface area contributed by atoms with Gasteiger partial charge in [0.15, 0.2) is 0 Å². The minimum atomic E-state index is -0.115. The molecule has 0 saturated carbocycles. The number of benzene rings is 2. The van der Waals surface area contributed by atoms with Crippen molar-refractivity contribution < 1.29 is 9.59 Å². The molecule has 3 rings (SSSR count). The van der Waals surface area contributed by atoms with Crippen molar-refractivity contribution in [3.05, 3.63) is 81.8 Å². The van der Waals surface area contributed by atoms with E-state index < -0.39 is 0 Å². The molecule has 0 saturated heterocycles. The van der Waals surface area contributed by atoms with E-state index in [2.05, 4.69) is 27.8 Å². The Kier molecular flexibility index (Phi) is 6.33. The molecule has 2 aromatic carbocycles. The first-order valence-electron chi connectivity index (χ1n) is 8.69. The molecule has 2 N–H and O–H groups in total. The van der Waals surface area contributed by atoms with Crippen LogP contribution < -0.4 is 10.6 Å². The molecule has 3 aromatic rings. The molecule has 0 atom stereocenters. The molecule has 0 aliphatic heterocycles. The highest BCUT2D eigenvalue weighted by molar-refractivity contribution is 7.09. The van der Waals surface area contributed by atoms with Crippen LogP contribution in [-0.4, -0.2) is 16.8 Å². The minimum Gasteiger partial charge on any atom is -0.350 e. The number of anilines is 1. The molecule has 0 unspecified atom stereocenters. The van der Waals surface area contributed by atoms with Crippen LogP contribution in [0, 0.1) is 0 Å². The Morgan fingerprint density at radius 3 is 2.44 bits per heavy atom. The summed E-state index contributed by atoms with van der Waals surface area (Å²) in [6, 6.07) is 17.5. The molecular weight excluding hydrogens is 358 g/mol. The van der Waals surface area contributed by atoms with Gasteiger partial charge in [0.2, 0.25) is 11.8 Å². The Bertz CT molecular complexity index is 905. The molecule has 5 nitrogen and oxygen atoms in total. The maximum absolute atomic E-state index is 12.1. The monoisotopic (exact) mass is 379 g/mol. The van der Waals surface area contributed by atoms with Crippen LogP contribution in [0.3, 0.4) is 0 Å². The molecule has 0 aliphatic rings. The van der Waals surface area contributed by atoms with E-state index in [-0.39, 0.29) is 11.8 Å². The first-order chi connectivity index (χ1) is 13.1. The fourth-order valence-electron chi connectivity index (χ4n) is 2.63. The number of nitrogens with one attached hydrogen (secondary N) is 2. The van der Waals surface area contributed by atoms with Crippen LogP contribution in [0.15, 0.2) is 60.0 Å². The van der Waals surface area contributed by atoms with Gasteiger partial charge in [-0.2, -0.15) is 0 Å². The SMILES string of the molecule is CC(=O)Nc1ccc(CC(=O)NCc2csc(Cc3ccccc3)n2)cc1. The summed E-state index contributed by atoms with van der Waals surface area (Å²) in [7, 11) is 0. The number of nitrogens with zero attached hydrogens (tertiary/aromatic N) is 1. The number of aromatic nitrogens is 1. The summed E-state index contributed by atoms with van der Waals surface area (Å²) in [5.41, 5.74) is 3.72. The van der Waals surface area contributed by atoms with Crippen molar-refractivity contribution in [2.24, 2.45) is 0 Å². The lowest BCUT2D eigenvalue weighted by molar-refractivity contribution is -0.120. The summed E-state index contributed by atoms with van der Waals surface area (Å²) in [6.45, 7) is 1.89. The molecule has 0 spiro atoms. The smallest absolute Gasteiger partial charge is 0.224 e. The van der Waals surface area contributed by atoms with Crippen molar-refractivity contribution in [1.82, 2.24) is 10.3 Å². The van der Waals surface area contributed by atoms with E-state index in [9.17, 15) is 9.59 Å². The second-order valence-corrected chi connectivity index (χ2v) is 7.17. The highest BCUT2D eigenvalue weighted by Gasteiger charge is 2.07. The van der Waals surface area contributed by atoms with Crippen molar-refractivity contribution in [3.63, 3.8) is 0 Å². The molecule has 2 amide bonds. The van der Waals surface area contributed by atoms with Gasteiger partial charge >= 0.3 is 0 Å². The molecular formula is C21H21N3O2S. The van der Waals surface area contributed by atoms with Crippen LogP contribution >= 0.6 is 11.3 Å². The molecule has 0 aliphatic carbocycles. The predicted octanol–water partition coefficient (Wildman–Crippen LogP) is 3.55. The molecule has 1 aromatic heterocycles. The molecule has 1 heterocycles. The Hall–Kier alpha value is -2.99. The largest absolute Gasteiger partial charge is 0.350 e. The Balaban J connectivity index is 1.47. The number of thiazole rings is 1. The van der Waals surface area contributed by atoms with Crippen LogP contribution in [-0.2, 0) is 29.0 Å². The molecule has 0 radical (unpaired) electrons. The standard InChI is InChI=1S/C21H21N3O2S/c1-15(25)23-18-9-7-17(8-10-18)11-20(26)22-13-19-14-27-21(24-19)12-16-5-3-2-4-6-16/h2-10,14H,11-13H2,1H3,(H,22,26)(H,23,25). The Morgan fingerprint density at radius 2 is 1.74 bits per heavy atom. The lowest BCUT2D eigenvalue weighted by Crippen LogP contribution is -2.24. The maximum atomic E-state index is 12.1. The van der Waals surface area contributed by atoms with Gasteiger partial charge in [0.1, 0.15) is 0 Å². The number of amides is 2. The van der Waals surface area contributed by atoms with Crippen molar-refractivity contribution in [2.45, 2.75) is 26.3 Å². The lowest BCUT2D eigenvalue weighted by Gasteiger charge is -2.06. The van der Waals surface area contributed by atoms with Gasteiger partial charge in [-0.15, -0.1) is 11.3 Å². The van der Waals surface area contributed by atoms with Gasteiger partial charge in [-0.1, -0.05) is 42.5 Å². The van der Waals surface area contributed by atoms with Crippen molar-refractivity contribution >= 4 is 28.8 Å². The Labute approximate surface area is 162 Å². The summed E-state index contributed by atoms with van der Waals surface area (Å²) in [5, 5.41) is 8.64. The zero-order chi connectivity index (χ0) is 19.1.